The molecule has 3 nitrogen and oxygen atoms in total. The van der Waals surface area contributed by atoms with Crippen molar-refractivity contribution in [3.63, 3.8) is 0 Å². The first-order valence-corrected chi connectivity index (χ1v) is 6.62. The number of anilines is 1. The van der Waals surface area contributed by atoms with Crippen LogP contribution in [0.15, 0.2) is 24.3 Å². The molecule has 1 aliphatic rings. The van der Waals surface area contributed by atoms with Gasteiger partial charge in [-0.15, -0.1) is 0 Å². The molecule has 1 N–H and O–H groups in total. The molecule has 1 fully saturated rings. The van der Waals surface area contributed by atoms with Crippen molar-refractivity contribution in [3.8, 4) is 0 Å². The Morgan fingerprint density at radius 1 is 1.39 bits per heavy atom. The lowest BCUT2D eigenvalue weighted by Crippen LogP contribution is -2.44. The van der Waals surface area contributed by atoms with Gasteiger partial charge >= 0.3 is 0 Å². The summed E-state index contributed by atoms with van der Waals surface area (Å²) in [6.07, 6.45) is 2.09. The highest BCUT2D eigenvalue weighted by Crippen LogP contribution is 2.31. The van der Waals surface area contributed by atoms with E-state index in [4.69, 9.17) is 4.74 Å². The van der Waals surface area contributed by atoms with E-state index in [9.17, 15) is 5.11 Å². The standard InChI is InChI=1S/C15H23NO2/c1-13-6-3-4-7-14(13)16(2)10-15(11-17)8-5-9-18-12-15/h3-4,6-7,17H,5,8-12H2,1-2H3. The second-order valence-electron chi connectivity index (χ2n) is 5.46. The molecule has 1 heterocycles. The molecule has 0 bridgehead atoms. The van der Waals surface area contributed by atoms with E-state index in [1.807, 2.05) is 0 Å². The number of rotatable bonds is 4. The molecule has 0 saturated carbocycles. The molecule has 100 valence electrons. The molecule has 0 radical (unpaired) electrons. The van der Waals surface area contributed by atoms with Gasteiger partial charge in [-0.3, -0.25) is 0 Å². The zero-order valence-corrected chi connectivity index (χ0v) is 11.4. The number of hydrogen-bond donors (Lipinski definition) is 1. The number of para-hydroxylation sites is 1. The molecule has 0 amide bonds. The van der Waals surface area contributed by atoms with Gasteiger partial charge in [0, 0.05) is 31.3 Å². The molecular formula is C15H23NO2. The van der Waals surface area contributed by atoms with Crippen LogP contribution in [0.5, 0.6) is 0 Å². The predicted octanol–water partition coefficient (Wildman–Crippen LogP) is 2.22. The van der Waals surface area contributed by atoms with Crippen molar-refractivity contribution in [1.82, 2.24) is 0 Å². The summed E-state index contributed by atoms with van der Waals surface area (Å²) in [5.74, 6) is 0. The Bertz CT molecular complexity index is 386. The van der Waals surface area contributed by atoms with Crippen LogP contribution in [-0.4, -0.2) is 38.5 Å². The second-order valence-corrected chi connectivity index (χ2v) is 5.46. The first-order chi connectivity index (χ1) is 8.67. The van der Waals surface area contributed by atoms with Gasteiger partial charge in [-0.2, -0.15) is 0 Å². The Morgan fingerprint density at radius 3 is 2.78 bits per heavy atom. The first kappa shape index (κ1) is 13.4. The topological polar surface area (TPSA) is 32.7 Å². The van der Waals surface area contributed by atoms with Crippen molar-refractivity contribution in [2.75, 3.05) is 38.3 Å². The highest BCUT2D eigenvalue weighted by Gasteiger charge is 2.33. The van der Waals surface area contributed by atoms with Crippen LogP contribution >= 0.6 is 0 Å². The smallest absolute Gasteiger partial charge is 0.0561 e. The summed E-state index contributed by atoms with van der Waals surface area (Å²) in [4.78, 5) is 2.24. The number of aryl methyl sites for hydroxylation is 1. The Balaban J connectivity index is 2.10. The lowest BCUT2D eigenvalue weighted by Gasteiger charge is -2.39. The third-order valence-corrected chi connectivity index (χ3v) is 3.84. The van der Waals surface area contributed by atoms with E-state index in [1.165, 1.54) is 11.3 Å². The second kappa shape index (κ2) is 5.72. The normalized spacial score (nSPS) is 23.9. The van der Waals surface area contributed by atoms with E-state index >= 15 is 0 Å². The fraction of sp³-hybridized carbons (Fsp3) is 0.600. The molecule has 0 aromatic heterocycles. The van der Waals surface area contributed by atoms with Gasteiger partial charge < -0.3 is 14.7 Å². The highest BCUT2D eigenvalue weighted by atomic mass is 16.5. The molecule has 1 aromatic rings. The minimum atomic E-state index is -0.102. The minimum absolute atomic E-state index is 0.102. The maximum absolute atomic E-state index is 9.70. The number of hydrogen-bond acceptors (Lipinski definition) is 3. The van der Waals surface area contributed by atoms with Gasteiger partial charge in [-0.25, -0.2) is 0 Å². The molecule has 1 saturated heterocycles. The van der Waals surface area contributed by atoms with Crippen LogP contribution < -0.4 is 4.90 Å². The minimum Gasteiger partial charge on any atom is -0.396 e. The summed E-state index contributed by atoms with van der Waals surface area (Å²) in [6.45, 7) is 4.65. The van der Waals surface area contributed by atoms with Gasteiger partial charge in [0.15, 0.2) is 0 Å². The summed E-state index contributed by atoms with van der Waals surface area (Å²) in [7, 11) is 2.09. The number of nitrogens with zero attached hydrogens (tertiary/aromatic N) is 1. The summed E-state index contributed by atoms with van der Waals surface area (Å²) in [5, 5.41) is 9.70. The molecule has 18 heavy (non-hydrogen) atoms. The van der Waals surface area contributed by atoms with Crippen LogP contribution in [0, 0.1) is 12.3 Å². The highest BCUT2D eigenvalue weighted by molar-refractivity contribution is 5.52. The average Bonchev–Trinajstić information content (AvgIpc) is 2.40. The summed E-state index contributed by atoms with van der Waals surface area (Å²) >= 11 is 0. The van der Waals surface area contributed by atoms with Gasteiger partial charge in [-0.05, 0) is 31.4 Å². The molecule has 1 aliphatic heterocycles. The fourth-order valence-electron chi connectivity index (χ4n) is 2.79. The van der Waals surface area contributed by atoms with Crippen LogP contribution in [0.2, 0.25) is 0 Å². The third-order valence-electron chi connectivity index (χ3n) is 3.84. The van der Waals surface area contributed by atoms with Crippen LogP contribution in [0.4, 0.5) is 5.69 Å². The summed E-state index contributed by atoms with van der Waals surface area (Å²) in [5.41, 5.74) is 2.40. The third kappa shape index (κ3) is 2.85. The molecule has 1 atom stereocenters. The molecule has 1 unspecified atom stereocenters. The number of ether oxygens (including phenoxy) is 1. The van der Waals surface area contributed by atoms with Crippen molar-refractivity contribution in [2.24, 2.45) is 5.41 Å². The van der Waals surface area contributed by atoms with Crippen LogP contribution in [-0.2, 0) is 4.74 Å². The fourth-order valence-corrected chi connectivity index (χ4v) is 2.79. The van der Waals surface area contributed by atoms with Gasteiger partial charge in [0.1, 0.15) is 0 Å². The molecule has 3 heteroatoms. The van der Waals surface area contributed by atoms with E-state index in [0.717, 1.165) is 26.0 Å². The molecule has 1 aromatic carbocycles. The maximum Gasteiger partial charge on any atom is 0.0561 e. The first-order valence-electron chi connectivity index (χ1n) is 6.62. The average molecular weight is 249 g/mol. The monoisotopic (exact) mass is 249 g/mol. The van der Waals surface area contributed by atoms with Gasteiger partial charge in [0.05, 0.1) is 13.2 Å². The maximum atomic E-state index is 9.70. The summed E-state index contributed by atoms with van der Waals surface area (Å²) < 4.78 is 5.56. The quantitative estimate of drug-likeness (QED) is 0.888. The van der Waals surface area contributed by atoms with E-state index in [2.05, 4.69) is 43.1 Å². The van der Waals surface area contributed by atoms with Crippen LogP contribution in [0.3, 0.4) is 0 Å². The van der Waals surface area contributed by atoms with Crippen molar-refractivity contribution in [1.29, 1.82) is 0 Å². The molecule has 2 rings (SSSR count). The van der Waals surface area contributed by atoms with Gasteiger partial charge in [0.2, 0.25) is 0 Å². The van der Waals surface area contributed by atoms with Gasteiger partial charge in [0.25, 0.3) is 0 Å². The predicted molar refractivity (Wildman–Crippen MR) is 74.0 cm³/mol. The molecule has 0 aliphatic carbocycles. The van der Waals surface area contributed by atoms with Crippen molar-refractivity contribution < 1.29 is 9.84 Å². The Morgan fingerprint density at radius 2 is 2.17 bits per heavy atom. The van der Waals surface area contributed by atoms with Crippen molar-refractivity contribution in [2.45, 2.75) is 19.8 Å². The van der Waals surface area contributed by atoms with Crippen LogP contribution in [0.25, 0.3) is 0 Å². The van der Waals surface area contributed by atoms with Crippen LogP contribution in [0.1, 0.15) is 18.4 Å². The lowest BCUT2D eigenvalue weighted by molar-refractivity contribution is -0.0331. The van der Waals surface area contributed by atoms with Crippen molar-refractivity contribution in [3.05, 3.63) is 29.8 Å². The zero-order valence-electron chi connectivity index (χ0n) is 11.4. The Kier molecular flexibility index (Phi) is 4.25. The Labute approximate surface area is 109 Å². The molecule has 0 spiro atoms. The van der Waals surface area contributed by atoms with Crippen molar-refractivity contribution >= 4 is 5.69 Å². The zero-order chi connectivity index (χ0) is 13.0. The van der Waals surface area contributed by atoms with E-state index < -0.39 is 0 Å². The number of aliphatic hydroxyl groups excluding tert-OH is 1. The molecular weight excluding hydrogens is 226 g/mol. The lowest BCUT2D eigenvalue weighted by atomic mass is 9.82. The largest absolute Gasteiger partial charge is 0.396 e. The van der Waals surface area contributed by atoms with Gasteiger partial charge in [-0.1, -0.05) is 18.2 Å². The van der Waals surface area contributed by atoms with E-state index in [-0.39, 0.29) is 12.0 Å². The number of benzene rings is 1. The summed E-state index contributed by atoms with van der Waals surface area (Å²) in [6, 6.07) is 8.36. The van der Waals surface area contributed by atoms with E-state index in [1.54, 1.807) is 0 Å². The van der Waals surface area contributed by atoms with E-state index in [0.29, 0.717) is 6.61 Å². The number of aliphatic hydroxyl groups is 1. The Hall–Kier alpha value is -1.06. The SMILES string of the molecule is Cc1ccccc1N(C)CC1(CO)CCCOC1.